The highest BCUT2D eigenvalue weighted by Crippen LogP contribution is 2.23. The second-order valence-corrected chi connectivity index (χ2v) is 6.76. The SMILES string of the molecule is C=C(Cl)COc1nc2cc(F)ccc2cc1CNCCN1CCOCC1. The van der Waals surface area contributed by atoms with Crippen LogP contribution in [0.15, 0.2) is 35.9 Å². The number of nitrogens with zero attached hydrogens (tertiary/aromatic N) is 2. The lowest BCUT2D eigenvalue weighted by molar-refractivity contribution is 0.0384. The second-order valence-electron chi connectivity index (χ2n) is 6.23. The first-order valence-corrected chi connectivity index (χ1v) is 9.06. The Balaban J connectivity index is 1.66. The first-order valence-electron chi connectivity index (χ1n) is 8.68. The van der Waals surface area contributed by atoms with Crippen LogP contribution in [0.2, 0.25) is 0 Å². The van der Waals surface area contributed by atoms with E-state index in [-0.39, 0.29) is 12.4 Å². The van der Waals surface area contributed by atoms with Gasteiger partial charge >= 0.3 is 0 Å². The molecule has 1 aromatic heterocycles. The van der Waals surface area contributed by atoms with Crippen molar-refractivity contribution in [3.63, 3.8) is 0 Å². The normalized spacial score (nSPS) is 15.3. The fraction of sp³-hybridized carbons (Fsp3) is 0.421. The van der Waals surface area contributed by atoms with Gasteiger partial charge in [-0.05, 0) is 18.2 Å². The highest BCUT2D eigenvalue weighted by atomic mass is 35.5. The van der Waals surface area contributed by atoms with E-state index < -0.39 is 0 Å². The Labute approximate surface area is 157 Å². The van der Waals surface area contributed by atoms with Crippen LogP contribution in [-0.4, -0.2) is 55.9 Å². The van der Waals surface area contributed by atoms with Gasteiger partial charge < -0.3 is 14.8 Å². The highest BCUT2D eigenvalue weighted by Gasteiger charge is 2.12. The van der Waals surface area contributed by atoms with Crippen LogP contribution in [0.25, 0.3) is 10.9 Å². The Hall–Kier alpha value is -1.73. The maximum atomic E-state index is 13.5. The number of halogens is 2. The lowest BCUT2D eigenvalue weighted by atomic mass is 10.1. The van der Waals surface area contributed by atoms with Gasteiger partial charge in [0, 0.05) is 54.8 Å². The van der Waals surface area contributed by atoms with E-state index in [0.717, 1.165) is 50.3 Å². The highest BCUT2D eigenvalue weighted by molar-refractivity contribution is 6.29. The molecule has 1 aliphatic heterocycles. The van der Waals surface area contributed by atoms with Crippen molar-refractivity contribution >= 4 is 22.5 Å². The van der Waals surface area contributed by atoms with Crippen molar-refractivity contribution in [1.29, 1.82) is 0 Å². The molecule has 2 aromatic rings. The van der Waals surface area contributed by atoms with Crippen molar-refractivity contribution in [2.24, 2.45) is 0 Å². The maximum Gasteiger partial charge on any atom is 0.218 e. The minimum absolute atomic E-state index is 0.163. The monoisotopic (exact) mass is 379 g/mol. The molecule has 7 heteroatoms. The quantitative estimate of drug-likeness (QED) is 0.714. The van der Waals surface area contributed by atoms with Gasteiger partial charge in [-0.3, -0.25) is 4.90 Å². The van der Waals surface area contributed by atoms with Gasteiger partial charge in [-0.15, -0.1) is 0 Å². The molecule has 0 amide bonds. The molecule has 0 spiro atoms. The number of benzene rings is 1. The summed E-state index contributed by atoms with van der Waals surface area (Å²) < 4.78 is 24.5. The Bertz CT molecular complexity index is 766. The molecule has 5 nitrogen and oxygen atoms in total. The fourth-order valence-electron chi connectivity index (χ4n) is 2.85. The van der Waals surface area contributed by atoms with Crippen molar-refractivity contribution in [3.05, 3.63) is 47.3 Å². The summed E-state index contributed by atoms with van der Waals surface area (Å²) in [6.45, 7) is 9.74. The molecule has 0 radical (unpaired) electrons. The molecule has 2 heterocycles. The van der Waals surface area contributed by atoms with E-state index in [1.807, 2.05) is 6.07 Å². The zero-order valence-corrected chi connectivity index (χ0v) is 15.4. The van der Waals surface area contributed by atoms with Gasteiger partial charge in [-0.25, -0.2) is 9.37 Å². The summed E-state index contributed by atoms with van der Waals surface area (Å²) in [5.41, 5.74) is 1.46. The van der Waals surface area contributed by atoms with Crippen LogP contribution in [0, 0.1) is 5.82 Å². The fourth-order valence-corrected chi connectivity index (χ4v) is 2.90. The topological polar surface area (TPSA) is 46.6 Å². The van der Waals surface area contributed by atoms with E-state index in [9.17, 15) is 4.39 Å². The van der Waals surface area contributed by atoms with Crippen molar-refractivity contribution in [2.75, 3.05) is 46.0 Å². The van der Waals surface area contributed by atoms with E-state index in [4.69, 9.17) is 21.1 Å². The number of morpholine rings is 1. The summed E-state index contributed by atoms with van der Waals surface area (Å²) in [6, 6.07) is 6.52. The number of pyridine rings is 1. The smallest absolute Gasteiger partial charge is 0.218 e. The molecule has 0 bridgehead atoms. The Kier molecular flexibility index (Phi) is 6.80. The maximum absolute atomic E-state index is 13.5. The third-order valence-corrected chi connectivity index (χ3v) is 4.32. The summed E-state index contributed by atoms with van der Waals surface area (Å²) >= 11 is 5.80. The molecule has 1 saturated heterocycles. The first kappa shape index (κ1) is 19.0. The average molecular weight is 380 g/mol. The first-order chi connectivity index (χ1) is 12.6. The summed E-state index contributed by atoms with van der Waals surface area (Å²) in [7, 11) is 0. The third-order valence-electron chi connectivity index (χ3n) is 4.21. The van der Waals surface area contributed by atoms with Crippen LogP contribution in [-0.2, 0) is 11.3 Å². The molecule has 1 aliphatic rings. The average Bonchev–Trinajstić information content (AvgIpc) is 2.64. The predicted molar refractivity (Wildman–Crippen MR) is 101 cm³/mol. The summed E-state index contributed by atoms with van der Waals surface area (Å²) in [5, 5.41) is 4.68. The van der Waals surface area contributed by atoms with Crippen LogP contribution >= 0.6 is 11.6 Å². The third kappa shape index (κ3) is 5.38. The number of fused-ring (bicyclic) bond motifs is 1. The van der Waals surface area contributed by atoms with E-state index >= 15 is 0 Å². The van der Waals surface area contributed by atoms with Gasteiger partial charge in [0.05, 0.1) is 18.7 Å². The van der Waals surface area contributed by atoms with Gasteiger partial charge in [0.1, 0.15) is 12.4 Å². The van der Waals surface area contributed by atoms with Crippen molar-refractivity contribution in [3.8, 4) is 5.88 Å². The largest absolute Gasteiger partial charge is 0.472 e. The van der Waals surface area contributed by atoms with Gasteiger partial charge in [-0.2, -0.15) is 0 Å². The minimum Gasteiger partial charge on any atom is -0.472 e. The van der Waals surface area contributed by atoms with Gasteiger partial charge in [-0.1, -0.05) is 18.2 Å². The molecular weight excluding hydrogens is 357 g/mol. The number of hydrogen-bond acceptors (Lipinski definition) is 5. The lowest BCUT2D eigenvalue weighted by Gasteiger charge is -2.26. The molecule has 26 heavy (non-hydrogen) atoms. The zero-order valence-electron chi connectivity index (χ0n) is 14.6. The zero-order chi connectivity index (χ0) is 18.4. The Morgan fingerprint density at radius 1 is 1.35 bits per heavy atom. The van der Waals surface area contributed by atoms with Crippen LogP contribution in [0.3, 0.4) is 0 Å². The van der Waals surface area contributed by atoms with Crippen LogP contribution in [0.5, 0.6) is 5.88 Å². The van der Waals surface area contributed by atoms with Crippen LogP contribution in [0.1, 0.15) is 5.56 Å². The van der Waals surface area contributed by atoms with Crippen LogP contribution < -0.4 is 10.1 Å². The molecule has 1 aromatic carbocycles. The van der Waals surface area contributed by atoms with Gasteiger partial charge in [0.25, 0.3) is 0 Å². The number of nitrogens with one attached hydrogen (secondary N) is 1. The number of aromatic nitrogens is 1. The molecule has 0 aliphatic carbocycles. The van der Waals surface area contributed by atoms with Crippen LogP contribution in [0.4, 0.5) is 4.39 Å². The molecular formula is C19H23ClFN3O2. The van der Waals surface area contributed by atoms with Crippen molar-refractivity contribution < 1.29 is 13.9 Å². The van der Waals surface area contributed by atoms with E-state index in [2.05, 4.69) is 21.8 Å². The predicted octanol–water partition coefficient (Wildman–Crippen LogP) is 2.93. The Morgan fingerprint density at radius 3 is 2.92 bits per heavy atom. The number of rotatable bonds is 8. The summed E-state index contributed by atoms with van der Waals surface area (Å²) in [6.07, 6.45) is 0. The molecule has 1 fully saturated rings. The van der Waals surface area contributed by atoms with E-state index in [1.54, 1.807) is 6.07 Å². The summed E-state index contributed by atoms with van der Waals surface area (Å²) in [5.74, 6) is 0.123. The number of hydrogen-bond donors (Lipinski definition) is 1. The van der Waals surface area contributed by atoms with E-state index in [1.165, 1.54) is 12.1 Å². The van der Waals surface area contributed by atoms with Crippen molar-refractivity contribution in [2.45, 2.75) is 6.54 Å². The standard InChI is InChI=1S/C19H23ClFN3O2/c1-14(20)13-26-19-16(10-15-2-3-17(21)11-18(15)23-19)12-22-4-5-24-6-8-25-9-7-24/h2-3,10-11,22H,1,4-9,12-13H2. The molecule has 3 rings (SSSR count). The van der Waals surface area contributed by atoms with E-state index in [0.29, 0.717) is 23.0 Å². The summed E-state index contributed by atoms with van der Waals surface area (Å²) in [4.78, 5) is 6.82. The minimum atomic E-state index is -0.325. The van der Waals surface area contributed by atoms with Gasteiger partial charge in [0.2, 0.25) is 5.88 Å². The molecule has 0 saturated carbocycles. The van der Waals surface area contributed by atoms with Gasteiger partial charge in [0.15, 0.2) is 0 Å². The number of ether oxygens (including phenoxy) is 2. The molecule has 0 atom stereocenters. The molecule has 1 N–H and O–H groups in total. The molecule has 0 unspecified atom stereocenters. The Morgan fingerprint density at radius 2 is 2.15 bits per heavy atom. The lowest BCUT2D eigenvalue weighted by Crippen LogP contribution is -2.40. The van der Waals surface area contributed by atoms with Crippen molar-refractivity contribution in [1.82, 2.24) is 15.2 Å². The molecule has 140 valence electrons. The second kappa shape index (κ2) is 9.28.